The van der Waals surface area contributed by atoms with Crippen molar-refractivity contribution >= 4 is 0 Å². The summed E-state index contributed by atoms with van der Waals surface area (Å²) in [6.07, 6.45) is 0. The number of aromatic nitrogens is 2. The fourth-order valence-corrected chi connectivity index (χ4v) is 1.80. The van der Waals surface area contributed by atoms with E-state index in [4.69, 9.17) is 0 Å². The van der Waals surface area contributed by atoms with Crippen molar-refractivity contribution < 1.29 is 0 Å². The minimum Gasteiger partial charge on any atom is -0.311 e. The Kier molecular flexibility index (Phi) is 5.15. The standard InChI is InChI=1S/C13H26N4/c1-10(2)16(5)8-7-14-9-13-11(3)15-17(6)12(13)4/h10,14H,7-9H2,1-6H3. The number of likely N-dealkylation sites (N-methyl/N-ethyl adjacent to an activating group) is 1. The number of nitrogens with zero attached hydrogens (tertiary/aromatic N) is 3. The second-order valence-electron chi connectivity index (χ2n) is 5.02. The van der Waals surface area contributed by atoms with Gasteiger partial charge < -0.3 is 10.2 Å². The van der Waals surface area contributed by atoms with E-state index in [0.29, 0.717) is 6.04 Å². The molecule has 0 amide bonds. The summed E-state index contributed by atoms with van der Waals surface area (Å²) < 4.78 is 1.95. The molecule has 1 heterocycles. The Morgan fingerprint density at radius 3 is 2.47 bits per heavy atom. The number of nitrogens with one attached hydrogen (secondary N) is 1. The van der Waals surface area contributed by atoms with Gasteiger partial charge in [-0.05, 0) is 34.7 Å². The molecule has 1 aromatic rings. The molecule has 17 heavy (non-hydrogen) atoms. The average Bonchev–Trinajstić information content (AvgIpc) is 2.49. The number of aryl methyl sites for hydroxylation is 2. The SMILES string of the molecule is Cc1nn(C)c(C)c1CNCCN(C)C(C)C. The van der Waals surface area contributed by atoms with Gasteiger partial charge in [0.05, 0.1) is 5.69 Å². The van der Waals surface area contributed by atoms with Gasteiger partial charge in [-0.3, -0.25) is 4.68 Å². The molecule has 98 valence electrons. The van der Waals surface area contributed by atoms with E-state index in [1.807, 2.05) is 11.7 Å². The fraction of sp³-hybridized carbons (Fsp3) is 0.769. The van der Waals surface area contributed by atoms with Gasteiger partial charge in [0, 0.05) is 44.0 Å². The van der Waals surface area contributed by atoms with Crippen molar-refractivity contribution in [3.05, 3.63) is 17.0 Å². The third-order valence-electron chi connectivity index (χ3n) is 3.48. The second kappa shape index (κ2) is 6.17. The predicted octanol–water partition coefficient (Wildman–Crippen LogP) is 1.47. The molecule has 0 aromatic carbocycles. The van der Waals surface area contributed by atoms with Crippen molar-refractivity contribution in [1.82, 2.24) is 20.0 Å². The molecule has 0 unspecified atom stereocenters. The molecule has 0 aliphatic carbocycles. The van der Waals surface area contributed by atoms with Crippen LogP contribution >= 0.6 is 0 Å². The van der Waals surface area contributed by atoms with E-state index in [9.17, 15) is 0 Å². The van der Waals surface area contributed by atoms with Gasteiger partial charge in [0.2, 0.25) is 0 Å². The Morgan fingerprint density at radius 1 is 1.35 bits per heavy atom. The highest BCUT2D eigenvalue weighted by atomic mass is 15.3. The van der Waals surface area contributed by atoms with Gasteiger partial charge in [0.15, 0.2) is 0 Å². The third-order valence-corrected chi connectivity index (χ3v) is 3.48. The number of hydrogen-bond acceptors (Lipinski definition) is 3. The molecule has 0 radical (unpaired) electrons. The van der Waals surface area contributed by atoms with Crippen molar-refractivity contribution in [2.24, 2.45) is 7.05 Å². The van der Waals surface area contributed by atoms with Gasteiger partial charge in [0.25, 0.3) is 0 Å². The largest absolute Gasteiger partial charge is 0.311 e. The van der Waals surface area contributed by atoms with Crippen LogP contribution in [0.3, 0.4) is 0 Å². The third kappa shape index (κ3) is 3.82. The van der Waals surface area contributed by atoms with Crippen molar-refractivity contribution in [3.63, 3.8) is 0 Å². The molecule has 0 spiro atoms. The molecule has 0 saturated carbocycles. The van der Waals surface area contributed by atoms with Crippen LogP contribution in [0, 0.1) is 13.8 Å². The van der Waals surface area contributed by atoms with Crippen LogP contribution in [-0.4, -0.2) is 40.9 Å². The summed E-state index contributed by atoms with van der Waals surface area (Å²) in [5.41, 5.74) is 3.72. The van der Waals surface area contributed by atoms with Crippen LogP contribution in [0.5, 0.6) is 0 Å². The van der Waals surface area contributed by atoms with Crippen LogP contribution in [0.1, 0.15) is 30.8 Å². The lowest BCUT2D eigenvalue weighted by molar-refractivity contribution is 0.273. The summed E-state index contributed by atoms with van der Waals surface area (Å²) in [4.78, 5) is 2.34. The maximum absolute atomic E-state index is 4.42. The first-order valence-corrected chi connectivity index (χ1v) is 6.33. The van der Waals surface area contributed by atoms with Crippen LogP contribution in [0.15, 0.2) is 0 Å². The van der Waals surface area contributed by atoms with Crippen molar-refractivity contribution in [2.75, 3.05) is 20.1 Å². The van der Waals surface area contributed by atoms with E-state index < -0.39 is 0 Å². The molecule has 4 nitrogen and oxygen atoms in total. The summed E-state index contributed by atoms with van der Waals surface area (Å²) in [6, 6.07) is 0.610. The minimum atomic E-state index is 0.610. The molecule has 1 aromatic heterocycles. The van der Waals surface area contributed by atoms with Crippen molar-refractivity contribution in [1.29, 1.82) is 0 Å². The van der Waals surface area contributed by atoms with E-state index in [-0.39, 0.29) is 0 Å². The van der Waals surface area contributed by atoms with Crippen LogP contribution in [0.25, 0.3) is 0 Å². The predicted molar refractivity (Wildman–Crippen MR) is 72.2 cm³/mol. The topological polar surface area (TPSA) is 33.1 Å². The second-order valence-corrected chi connectivity index (χ2v) is 5.02. The molecule has 0 aliphatic rings. The fourth-order valence-electron chi connectivity index (χ4n) is 1.80. The first-order valence-electron chi connectivity index (χ1n) is 6.33. The quantitative estimate of drug-likeness (QED) is 0.762. The van der Waals surface area contributed by atoms with Gasteiger partial charge in [-0.2, -0.15) is 5.10 Å². The molecular weight excluding hydrogens is 212 g/mol. The molecule has 1 N–H and O–H groups in total. The van der Waals surface area contributed by atoms with Crippen molar-refractivity contribution in [2.45, 2.75) is 40.3 Å². The van der Waals surface area contributed by atoms with Gasteiger partial charge in [0.1, 0.15) is 0 Å². The molecule has 0 saturated heterocycles. The summed E-state index contributed by atoms with van der Waals surface area (Å²) in [5, 5.41) is 7.91. The highest BCUT2D eigenvalue weighted by Gasteiger charge is 2.08. The molecule has 4 heteroatoms. The maximum atomic E-state index is 4.42. The summed E-state index contributed by atoms with van der Waals surface area (Å²) in [5.74, 6) is 0. The van der Waals surface area contributed by atoms with Gasteiger partial charge in [-0.1, -0.05) is 0 Å². The van der Waals surface area contributed by atoms with Crippen LogP contribution < -0.4 is 5.32 Å². The van der Waals surface area contributed by atoms with E-state index in [0.717, 1.165) is 25.3 Å². The van der Waals surface area contributed by atoms with Crippen LogP contribution in [-0.2, 0) is 13.6 Å². The first kappa shape index (κ1) is 14.2. The Labute approximate surface area is 105 Å². The lowest BCUT2D eigenvalue weighted by Crippen LogP contribution is -2.33. The molecule has 0 aliphatic heterocycles. The van der Waals surface area contributed by atoms with E-state index in [1.165, 1.54) is 11.3 Å². The highest BCUT2D eigenvalue weighted by Crippen LogP contribution is 2.10. The summed E-state index contributed by atoms with van der Waals surface area (Å²) in [6.45, 7) is 11.6. The normalized spacial score (nSPS) is 11.8. The first-order chi connectivity index (χ1) is 7.93. The maximum Gasteiger partial charge on any atom is 0.0641 e. The zero-order valence-corrected chi connectivity index (χ0v) is 12.0. The van der Waals surface area contributed by atoms with Crippen LogP contribution in [0.2, 0.25) is 0 Å². The Bertz CT molecular complexity index is 355. The summed E-state index contributed by atoms with van der Waals surface area (Å²) >= 11 is 0. The average molecular weight is 238 g/mol. The van der Waals surface area contributed by atoms with Gasteiger partial charge in [-0.15, -0.1) is 0 Å². The van der Waals surface area contributed by atoms with Gasteiger partial charge >= 0.3 is 0 Å². The molecule has 1 rings (SSSR count). The Hall–Kier alpha value is -0.870. The monoisotopic (exact) mass is 238 g/mol. The zero-order valence-electron chi connectivity index (χ0n) is 12.0. The smallest absolute Gasteiger partial charge is 0.0641 e. The Morgan fingerprint density at radius 2 is 2.00 bits per heavy atom. The molecule has 0 fully saturated rings. The lowest BCUT2D eigenvalue weighted by Gasteiger charge is -2.20. The molecular formula is C13H26N4. The Balaban J connectivity index is 2.36. The molecule has 0 bridgehead atoms. The van der Waals surface area contributed by atoms with Gasteiger partial charge in [-0.25, -0.2) is 0 Å². The lowest BCUT2D eigenvalue weighted by atomic mass is 10.2. The van der Waals surface area contributed by atoms with Crippen molar-refractivity contribution in [3.8, 4) is 0 Å². The minimum absolute atomic E-state index is 0.610. The number of hydrogen-bond donors (Lipinski definition) is 1. The van der Waals surface area contributed by atoms with E-state index >= 15 is 0 Å². The zero-order chi connectivity index (χ0) is 13.0. The number of rotatable bonds is 6. The van der Waals surface area contributed by atoms with E-state index in [2.05, 4.69) is 50.1 Å². The van der Waals surface area contributed by atoms with E-state index in [1.54, 1.807) is 0 Å². The molecule has 0 atom stereocenters. The highest BCUT2D eigenvalue weighted by molar-refractivity contribution is 5.23. The van der Waals surface area contributed by atoms with Crippen LogP contribution in [0.4, 0.5) is 0 Å². The summed E-state index contributed by atoms with van der Waals surface area (Å²) in [7, 11) is 4.16.